The van der Waals surface area contributed by atoms with Crippen LogP contribution >= 0.6 is 0 Å². The van der Waals surface area contributed by atoms with E-state index in [0.717, 1.165) is 12.8 Å². The summed E-state index contributed by atoms with van der Waals surface area (Å²) in [4.78, 5) is 15.5. The molecule has 0 fully saturated rings. The first-order chi connectivity index (χ1) is 9.32. The summed E-state index contributed by atoms with van der Waals surface area (Å²) in [5.74, 6) is -0.104. The van der Waals surface area contributed by atoms with Crippen molar-refractivity contribution in [1.29, 1.82) is 0 Å². The Balaban J connectivity index is 2.50. The number of hydrogen-bond donors (Lipinski definition) is 2. The molecule has 0 saturated heterocycles. The zero-order valence-corrected chi connectivity index (χ0v) is 12.4. The smallest absolute Gasteiger partial charge is 0.225 e. The van der Waals surface area contributed by atoms with Crippen LogP contribution in [-0.4, -0.2) is 17.4 Å². The van der Waals surface area contributed by atoms with E-state index in [1.54, 1.807) is 6.07 Å². The molecule has 1 amide bonds. The number of nitrogens with two attached hydrogens (primary N) is 1. The van der Waals surface area contributed by atoms with Crippen molar-refractivity contribution in [2.75, 3.05) is 11.9 Å². The quantitative estimate of drug-likeness (QED) is 0.788. The summed E-state index contributed by atoms with van der Waals surface area (Å²) in [5.41, 5.74) is 5.74. The molecular formula is C15H24FN3O. The molecule has 1 atom stereocenters. The van der Waals surface area contributed by atoms with Gasteiger partial charge >= 0.3 is 0 Å². The van der Waals surface area contributed by atoms with Crippen molar-refractivity contribution in [2.45, 2.75) is 40.0 Å². The third kappa shape index (κ3) is 5.65. The summed E-state index contributed by atoms with van der Waals surface area (Å²) in [6, 6.07) is 4.33. The van der Waals surface area contributed by atoms with E-state index in [1.807, 2.05) is 0 Å². The van der Waals surface area contributed by atoms with Crippen LogP contribution < -0.4 is 11.1 Å². The van der Waals surface area contributed by atoms with Crippen molar-refractivity contribution in [3.05, 3.63) is 24.1 Å². The minimum absolute atomic E-state index is 0.122. The van der Waals surface area contributed by atoms with Gasteiger partial charge in [0.05, 0.1) is 0 Å². The standard InChI is InChI=1S/C15H24FN3O/c1-15(2,3)11(9-10-17)7-8-14(20)19-13-6-4-5-12(16)18-13/h4-6,11H,7-10,17H2,1-3H3,(H,18,19,20). The first-order valence-electron chi connectivity index (χ1n) is 6.95. The lowest BCUT2D eigenvalue weighted by atomic mass is 9.76. The molecule has 1 unspecified atom stereocenters. The minimum atomic E-state index is -0.599. The highest BCUT2D eigenvalue weighted by Crippen LogP contribution is 2.32. The number of rotatable bonds is 6. The van der Waals surface area contributed by atoms with Crippen LogP contribution in [0.2, 0.25) is 0 Å². The molecule has 1 aromatic rings. The van der Waals surface area contributed by atoms with E-state index in [9.17, 15) is 9.18 Å². The molecule has 0 spiro atoms. The second kappa shape index (κ2) is 7.33. The zero-order chi connectivity index (χ0) is 15.2. The largest absolute Gasteiger partial charge is 0.330 e. The Morgan fingerprint density at radius 1 is 1.40 bits per heavy atom. The maximum Gasteiger partial charge on any atom is 0.225 e. The van der Waals surface area contributed by atoms with Crippen LogP contribution in [0.3, 0.4) is 0 Å². The molecule has 1 rings (SSSR count). The number of amides is 1. The molecule has 1 aromatic heterocycles. The molecule has 0 aromatic carbocycles. The molecule has 0 bridgehead atoms. The number of carbonyl (C=O) groups excluding carboxylic acids is 1. The number of aromatic nitrogens is 1. The summed E-state index contributed by atoms with van der Waals surface area (Å²) in [6.07, 6.45) is 2.05. The zero-order valence-electron chi connectivity index (χ0n) is 12.4. The van der Waals surface area contributed by atoms with Gasteiger partial charge in [-0.1, -0.05) is 26.8 Å². The Bertz CT molecular complexity index is 443. The Kier molecular flexibility index (Phi) is 6.07. The summed E-state index contributed by atoms with van der Waals surface area (Å²) in [6.45, 7) is 7.08. The van der Waals surface area contributed by atoms with Crippen LogP contribution in [0.5, 0.6) is 0 Å². The van der Waals surface area contributed by atoms with Gasteiger partial charge < -0.3 is 11.1 Å². The van der Waals surface area contributed by atoms with E-state index in [-0.39, 0.29) is 17.1 Å². The highest BCUT2D eigenvalue weighted by Gasteiger charge is 2.24. The minimum Gasteiger partial charge on any atom is -0.330 e. The number of carbonyl (C=O) groups is 1. The molecule has 112 valence electrons. The lowest BCUT2D eigenvalue weighted by Gasteiger charge is -2.30. The van der Waals surface area contributed by atoms with E-state index in [1.165, 1.54) is 12.1 Å². The van der Waals surface area contributed by atoms with Gasteiger partial charge in [-0.15, -0.1) is 0 Å². The molecule has 0 saturated carbocycles. The van der Waals surface area contributed by atoms with Crippen molar-refractivity contribution in [1.82, 2.24) is 4.98 Å². The Labute approximate surface area is 120 Å². The number of hydrogen-bond acceptors (Lipinski definition) is 3. The van der Waals surface area contributed by atoms with Gasteiger partial charge in [0.15, 0.2) is 0 Å². The monoisotopic (exact) mass is 281 g/mol. The predicted molar refractivity (Wildman–Crippen MR) is 78.7 cm³/mol. The van der Waals surface area contributed by atoms with Gasteiger partial charge in [0.25, 0.3) is 0 Å². The average Bonchev–Trinajstić information content (AvgIpc) is 2.33. The maximum absolute atomic E-state index is 12.9. The van der Waals surface area contributed by atoms with Crippen LogP contribution in [-0.2, 0) is 4.79 Å². The summed E-state index contributed by atoms with van der Waals surface area (Å²) in [7, 11) is 0. The Morgan fingerprint density at radius 3 is 2.65 bits per heavy atom. The summed E-state index contributed by atoms with van der Waals surface area (Å²) < 4.78 is 12.9. The second-order valence-corrected chi connectivity index (χ2v) is 6.07. The van der Waals surface area contributed by atoms with Gasteiger partial charge in [-0.3, -0.25) is 4.79 Å². The van der Waals surface area contributed by atoms with Crippen molar-refractivity contribution < 1.29 is 9.18 Å². The first-order valence-corrected chi connectivity index (χ1v) is 6.95. The molecule has 0 aliphatic carbocycles. The lowest BCUT2D eigenvalue weighted by molar-refractivity contribution is -0.116. The number of anilines is 1. The topological polar surface area (TPSA) is 68.0 Å². The van der Waals surface area contributed by atoms with E-state index < -0.39 is 5.95 Å². The maximum atomic E-state index is 12.9. The third-order valence-electron chi connectivity index (χ3n) is 3.44. The molecule has 0 aliphatic rings. The van der Waals surface area contributed by atoms with Crippen molar-refractivity contribution >= 4 is 11.7 Å². The van der Waals surface area contributed by atoms with Gasteiger partial charge in [-0.25, -0.2) is 4.98 Å². The highest BCUT2D eigenvalue weighted by atomic mass is 19.1. The SMILES string of the molecule is CC(C)(C)C(CCN)CCC(=O)Nc1cccc(F)n1. The molecule has 3 N–H and O–H groups in total. The summed E-state index contributed by atoms with van der Waals surface area (Å²) in [5, 5.41) is 2.61. The van der Waals surface area contributed by atoms with Gasteiger partial charge in [-0.05, 0) is 42.9 Å². The fourth-order valence-electron chi connectivity index (χ4n) is 2.20. The van der Waals surface area contributed by atoms with E-state index in [4.69, 9.17) is 5.73 Å². The normalized spacial score (nSPS) is 13.1. The van der Waals surface area contributed by atoms with Gasteiger partial charge in [0, 0.05) is 6.42 Å². The van der Waals surface area contributed by atoms with Crippen molar-refractivity contribution in [3.8, 4) is 0 Å². The fraction of sp³-hybridized carbons (Fsp3) is 0.600. The molecule has 5 heteroatoms. The second-order valence-electron chi connectivity index (χ2n) is 6.07. The molecule has 0 radical (unpaired) electrons. The molecule has 0 aliphatic heterocycles. The fourth-order valence-corrected chi connectivity index (χ4v) is 2.20. The molecular weight excluding hydrogens is 257 g/mol. The number of nitrogens with one attached hydrogen (secondary N) is 1. The number of nitrogens with zero attached hydrogens (tertiary/aromatic N) is 1. The molecule has 1 heterocycles. The van der Waals surface area contributed by atoms with E-state index >= 15 is 0 Å². The Morgan fingerprint density at radius 2 is 2.10 bits per heavy atom. The lowest BCUT2D eigenvalue weighted by Crippen LogP contribution is -2.25. The number of halogens is 1. The first kappa shape index (κ1) is 16.6. The van der Waals surface area contributed by atoms with Crippen LogP contribution in [0, 0.1) is 17.3 Å². The van der Waals surface area contributed by atoms with Gasteiger partial charge in [0.1, 0.15) is 5.82 Å². The predicted octanol–water partition coefficient (Wildman–Crippen LogP) is 2.95. The van der Waals surface area contributed by atoms with E-state index in [2.05, 4.69) is 31.1 Å². The number of pyridine rings is 1. The van der Waals surface area contributed by atoms with Crippen LogP contribution in [0.1, 0.15) is 40.0 Å². The van der Waals surface area contributed by atoms with Crippen LogP contribution in [0.15, 0.2) is 18.2 Å². The van der Waals surface area contributed by atoms with Crippen molar-refractivity contribution in [2.24, 2.45) is 17.1 Å². The van der Waals surface area contributed by atoms with E-state index in [0.29, 0.717) is 18.9 Å². The van der Waals surface area contributed by atoms with Gasteiger partial charge in [-0.2, -0.15) is 4.39 Å². The van der Waals surface area contributed by atoms with Crippen molar-refractivity contribution in [3.63, 3.8) is 0 Å². The van der Waals surface area contributed by atoms with Crippen LogP contribution in [0.25, 0.3) is 0 Å². The average molecular weight is 281 g/mol. The third-order valence-corrected chi connectivity index (χ3v) is 3.44. The summed E-state index contributed by atoms with van der Waals surface area (Å²) >= 11 is 0. The molecule has 4 nitrogen and oxygen atoms in total. The highest BCUT2D eigenvalue weighted by molar-refractivity contribution is 5.89. The van der Waals surface area contributed by atoms with Crippen LogP contribution in [0.4, 0.5) is 10.2 Å². The Hall–Kier alpha value is -1.49. The van der Waals surface area contributed by atoms with Gasteiger partial charge in [0.2, 0.25) is 11.9 Å². The molecule has 20 heavy (non-hydrogen) atoms.